The summed E-state index contributed by atoms with van der Waals surface area (Å²) in [4.78, 5) is 0. The highest BCUT2D eigenvalue weighted by Crippen LogP contribution is 2.33. The molecule has 0 unspecified atom stereocenters. The van der Waals surface area contributed by atoms with E-state index in [1.807, 2.05) is 6.07 Å². The molecule has 0 radical (unpaired) electrons. The zero-order chi connectivity index (χ0) is 21.3. The van der Waals surface area contributed by atoms with E-state index >= 15 is 0 Å². The van der Waals surface area contributed by atoms with Crippen LogP contribution in [0.3, 0.4) is 0 Å². The minimum atomic E-state index is 0.609. The quantitative estimate of drug-likeness (QED) is 0.361. The third-order valence-electron chi connectivity index (χ3n) is 5.17. The fraction of sp³-hybridized carbons (Fsp3) is 0.360. The summed E-state index contributed by atoms with van der Waals surface area (Å²) in [6.45, 7) is 4.22. The molecule has 4 nitrogen and oxygen atoms in total. The molecule has 3 aromatic carbocycles. The average Bonchev–Trinajstić information content (AvgIpc) is 2.78. The molecule has 0 atom stereocenters. The molecule has 1 N–H and O–H groups in total. The van der Waals surface area contributed by atoms with Crippen LogP contribution in [-0.2, 0) is 13.1 Å². The fourth-order valence-corrected chi connectivity index (χ4v) is 3.74. The Labute approximate surface area is 184 Å². The summed E-state index contributed by atoms with van der Waals surface area (Å²) in [5.41, 5.74) is 2.13. The maximum atomic E-state index is 6.44. The number of methoxy groups -OCH3 is 2. The van der Waals surface area contributed by atoms with Crippen LogP contribution in [-0.4, -0.2) is 20.8 Å². The molecule has 0 saturated heterocycles. The second kappa shape index (κ2) is 11.1. The summed E-state index contributed by atoms with van der Waals surface area (Å²) < 4.78 is 16.9. The van der Waals surface area contributed by atoms with E-state index in [4.69, 9.17) is 25.8 Å². The molecule has 0 fully saturated rings. The van der Waals surface area contributed by atoms with Gasteiger partial charge in [-0.25, -0.2) is 0 Å². The van der Waals surface area contributed by atoms with Crippen LogP contribution < -0.4 is 19.5 Å². The Kier molecular flexibility index (Phi) is 8.23. The Hall–Kier alpha value is -2.43. The molecular weight excluding hydrogens is 398 g/mol. The number of benzene rings is 3. The van der Waals surface area contributed by atoms with Gasteiger partial charge >= 0.3 is 0 Å². The van der Waals surface area contributed by atoms with Gasteiger partial charge in [0.05, 0.1) is 20.8 Å². The zero-order valence-corrected chi connectivity index (χ0v) is 18.7. The van der Waals surface area contributed by atoms with E-state index in [9.17, 15) is 0 Å². The molecule has 30 heavy (non-hydrogen) atoms. The Bertz CT molecular complexity index is 974. The van der Waals surface area contributed by atoms with Gasteiger partial charge in [0.1, 0.15) is 5.75 Å². The minimum Gasteiger partial charge on any atom is -0.493 e. The van der Waals surface area contributed by atoms with Crippen LogP contribution in [0.2, 0.25) is 5.02 Å². The second-order valence-corrected chi connectivity index (χ2v) is 7.63. The van der Waals surface area contributed by atoms with Gasteiger partial charge in [-0.05, 0) is 34.9 Å². The third-order valence-corrected chi connectivity index (χ3v) is 5.52. The van der Waals surface area contributed by atoms with Gasteiger partial charge in [0.15, 0.2) is 11.5 Å². The standard InChI is InChI=1S/C25H30ClNO3/c1-4-5-8-13-30-23-12-11-18-9-6-7-10-20(18)21(23)17-27-16-19-14-24(28-2)25(29-3)15-22(19)26/h6-7,9-12,14-15,27H,4-5,8,13,16-17H2,1-3H3. The van der Waals surface area contributed by atoms with Crippen molar-refractivity contribution in [3.63, 3.8) is 0 Å². The Morgan fingerprint density at radius 3 is 2.40 bits per heavy atom. The zero-order valence-electron chi connectivity index (χ0n) is 18.0. The smallest absolute Gasteiger partial charge is 0.162 e. The van der Waals surface area contributed by atoms with Gasteiger partial charge in [-0.2, -0.15) is 0 Å². The summed E-state index contributed by atoms with van der Waals surface area (Å²) in [6.07, 6.45) is 3.43. The highest BCUT2D eigenvalue weighted by atomic mass is 35.5. The topological polar surface area (TPSA) is 39.7 Å². The lowest BCUT2D eigenvalue weighted by atomic mass is 10.0. The molecule has 0 aliphatic rings. The first-order valence-corrected chi connectivity index (χ1v) is 10.8. The molecule has 160 valence electrons. The van der Waals surface area contributed by atoms with Crippen LogP contribution in [0, 0.1) is 0 Å². The largest absolute Gasteiger partial charge is 0.493 e. The highest BCUT2D eigenvalue weighted by molar-refractivity contribution is 6.31. The molecule has 0 amide bonds. The van der Waals surface area contributed by atoms with Crippen LogP contribution in [0.25, 0.3) is 10.8 Å². The Morgan fingerprint density at radius 1 is 0.867 bits per heavy atom. The number of hydrogen-bond acceptors (Lipinski definition) is 4. The van der Waals surface area contributed by atoms with E-state index in [1.165, 1.54) is 29.2 Å². The minimum absolute atomic E-state index is 0.609. The lowest BCUT2D eigenvalue weighted by molar-refractivity contribution is 0.303. The van der Waals surface area contributed by atoms with Crippen molar-refractivity contribution in [1.29, 1.82) is 0 Å². The van der Waals surface area contributed by atoms with E-state index in [-0.39, 0.29) is 0 Å². The second-order valence-electron chi connectivity index (χ2n) is 7.22. The average molecular weight is 428 g/mol. The fourth-order valence-electron chi connectivity index (χ4n) is 3.52. The number of nitrogens with one attached hydrogen (secondary N) is 1. The number of hydrogen-bond donors (Lipinski definition) is 1. The van der Waals surface area contributed by atoms with Gasteiger partial charge in [-0.3, -0.25) is 0 Å². The summed E-state index contributed by atoms with van der Waals surface area (Å²) >= 11 is 6.44. The number of halogens is 1. The summed E-state index contributed by atoms with van der Waals surface area (Å²) in [6, 6.07) is 16.3. The van der Waals surface area contributed by atoms with Gasteiger partial charge in [-0.1, -0.05) is 61.7 Å². The number of unbranched alkanes of at least 4 members (excludes halogenated alkanes) is 2. The van der Waals surface area contributed by atoms with E-state index in [0.29, 0.717) is 29.6 Å². The van der Waals surface area contributed by atoms with E-state index in [0.717, 1.165) is 24.3 Å². The molecule has 0 saturated carbocycles. The van der Waals surface area contributed by atoms with Crippen molar-refractivity contribution in [1.82, 2.24) is 5.32 Å². The van der Waals surface area contributed by atoms with Crippen molar-refractivity contribution in [3.05, 3.63) is 64.7 Å². The normalized spacial score (nSPS) is 10.9. The SMILES string of the molecule is CCCCCOc1ccc2ccccc2c1CNCc1cc(OC)c(OC)cc1Cl. The summed E-state index contributed by atoms with van der Waals surface area (Å²) in [7, 11) is 3.23. The molecule has 0 aliphatic carbocycles. The molecule has 0 heterocycles. The van der Waals surface area contributed by atoms with Crippen molar-refractivity contribution >= 4 is 22.4 Å². The van der Waals surface area contributed by atoms with Crippen molar-refractivity contribution in [2.45, 2.75) is 39.3 Å². The molecule has 3 rings (SSSR count). The van der Waals surface area contributed by atoms with Gasteiger partial charge in [0.25, 0.3) is 0 Å². The predicted octanol–water partition coefficient (Wildman–Crippen LogP) is 6.37. The Morgan fingerprint density at radius 2 is 1.63 bits per heavy atom. The van der Waals surface area contributed by atoms with Crippen LogP contribution in [0.1, 0.15) is 37.3 Å². The van der Waals surface area contributed by atoms with Gasteiger partial charge in [0, 0.05) is 29.7 Å². The predicted molar refractivity (Wildman–Crippen MR) is 124 cm³/mol. The van der Waals surface area contributed by atoms with Gasteiger partial charge < -0.3 is 19.5 Å². The maximum absolute atomic E-state index is 6.44. The van der Waals surface area contributed by atoms with Crippen LogP contribution >= 0.6 is 11.6 Å². The molecular formula is C25H30ClNO3. The lowest BCUT2D eigenvalue weighted by Gasteiger charge is -2.16. The number of fused-ring (bicyclic) bond motifs is 1. The lowest BCUT2D eigenvalue weighted by Crippen LogP contribution is -2.15. The molecule has 5 heteroatoms. The third kappa shape index (κ3) is 5.38. The van der Waals surface area contributed by atoms with Gasteiger partial charge in [0.2, 0.25) is 0 Å². The number of ether oxygens (including phenoxy) is 3. The molecule has 3 aromatic rings. The summed E-state index contributed by atoms with van der Waals surface area (Å²) in [5.74, 6) is 2.24. The van der Waals surface area contributed by atoms with Crippen molar-refractivity contribution in [2.24, 2.45) is 0 Å². The molecule has 0 spiro atoms. The Balaban J connectivity index is 1.77. The van der Waals surface area contributed by atoms with E-state index < -0.39 is 0 Å². The van der Waals surface area contributed by atoms with Crippen LogP contribution in [0.5, 0.6) is 17.2 Å². The molecule has 0 bridgehead atoms. The van der Waals surface area contributed by atoms with E-state index in [1.54, 1.807) is 20.3 Å². The van der Waals surface area contributed by atoms with Crippen molar-refractivity contribution in [3.8, 4) is 17.2 Å². The van der Waals surface area contributed by atoms with E-state index in [2.05, 4.69) is 48.6 Å². The van der Waals surface area contributed by atoms with Crippen LogP contribution in [0.4, 0.5) is 0 Å². The monoisotopic (exact) mass is 427 g/mol. The number of rotatable bonds is 11. The molecule has 0 aliphatic heterocycles. The molecule has 0 aromatic heterocycles. The first kappa shape index (κ1) is 22.3. The van der Waals surface area contributed by atoms with Gasteiger partial charge in [-0.15, -0.1) is 0 Å². The maximum Gasteiger partial charge on any atom is 0.162 e. The van der Waals surface area contributed by atoms with Crippen molar-refractivity contribution in [2.75, 3.05) is 20.8 Å². The van der Waals surface area contributed by atoms with Crippen molar-refractivity contribution < 1.29 is 14.2 Å². The first-order chi connectivity index (χ1) is 14.7. The first-order valence-electron chi connectivity index (χ1n) is 10.4. The highest BCUT2D eigenvalue weighted by Gasteiger charge is 2.12. The van der Waals surface area contributed by atoms with Crippen LogP contribution in [0.15, 0.2) is 48.5 Å². The summed E-state index contributed by atoms with van der Waals surface area (Å²) in [5, 5.41) is 6.58.